The molecule has 138 valence electrons. The summed E-state index contributed by atoms with van der Waals surface area (Å²) in [5, 5.41) is 2.69. The van der Waals surface area contributed by atoms with Gasteiger partial charge in [0.1, 0.15) is 0 Å². The molecule has 0 saturated heterocycles. The molecule has 2 aromatic carbocycles. The fraction of sp³-hybridized carbons (Fsp3) is 0.300. The van der Waals surface area contributed by atoms with Crippen molar-refractivity contribution in [2.75, 3.05) is 18.2 Å². The summed E-state index contributed by atoms with van der Waals surface area (Å²) in [7, 11) is -1.32. The maximum Gasteiger partial charge on any atom is 0.339 e. The first-order chi connectivity index (χ1) is 12.4. The van der Waals surface area contributed by atoms with E-state index in [1.807, 2.05) is 24.3 Å². The molecule has 0 bridgehead atoms. The van der Waals surface area contributed by atoms with Crippen molar-refractivity contribution in [3.63, 3.8) is 0 Å². The van der Waals surface area contributed by atoms with Crippen LogP contribution in [0.5, 0.6) is 0 Å². The van der Waals surface area contributed by atoms with Gasteiger partial charge in [-0.25, -0.2) is 4.79 Å². The molecular weight excluding hydrogens is 350 g/mol. The molecule has 0 unspecified atom stereocenters. The van der Waals surface area contributed by atoms with E-state index in [1.54, 1.807) is 18.2 Å². The Bertz CT molecular complexity index is 802. The third-order valence-electron chi connectivity index (χ3n) is 4.13. The van der Waals surface area contributed by atoms with Crippen LogP contribution in [-0.2, 0) is 20.3 Å². The van der Waals surface area contributed by atoms with Crippen LogP contribution in [0.3, 0.4) is 0 Å². The highest BCUT2D eigenvalue weighted by Crippen LogP contribution is 2.20. The Morgan fingerprint density at radius 3 is 2.38 bits per heavy atom. The van der Waals surface area contributed by atoms with Gasteiger partial charge in [-0.3, -0.25) is 9.00 Å². The van der Waals surface area contributed by atoms with Gasteiger partial charge < -0.3 is 10.1 Å². The summed E-state index contributed by atoms with van der Waals surface area (Å²) in [6.45, 7) is 3.87. The topological polar surface area (TPSA) is 72.5 Å². The molecule has 26 heavy (non-hydrogen) atoms. The minimum absolute atomic E-state index is 0.207. The van der Waals surface area contributed by atoms with Gasteiger partial charge in [-0.1, -0.05) is 38.1 Å². The molecule has 6 heteroatoms. The van der Waals surface area contributed by atoms with Crippen LogP contribution in [0, 0.1) is 0 Å². The summed E-state index contributed by atoms with van der Waals surface area (Å²) in [6.07, 6.45) is 2.54. The SMILES string of the molecule is CC[C@@H](C)c1ccc(NC(=O)COC(=O)c2ccccc2[S@](C)=O)cc1. The summed E-state index contributed by atoms with van der Waals surface area (Å²) >= 11 is 0. The van der Waals surface area contributed by atoms with Crippen molar-refractivity contribution in [3.05, 3.63) is 59.7 Å². The van der Waals surface area contributed by atoms with Crippen LogP contribution in [0.25, 0.3) is 0 Å². The lowest BCUT2D eigenvalue weighted by Gasteiger charge is -2.11. The molecule has 0 heterocycles. The van der Waals surface area contributed by atoms with Crippen LogP contribution in [0.1, 0.15) is 42.1 Å². The van der Waals surface area contributed by atoms with E-state index in [0.29, 0.717) is 16.5 Å². The second kappa shape index (κ2) is 9.29. The highest BCUT2D eigenvalue weighted by atomic mass is 32.2. The van der Waals surface area contributed by atoms with Crippen LogP contribution >= 0.6 is 0 Å². The van der Waals surface area contributed by atoms with Crippen molar-refractivity contribution in [1.82, 2.24) is 0 Å². The number of nitrogens with one attached hydrogen (secondary N) is 1. The Morgan fingerprint density at radius 1 is 1.12 bits per heavy atom. The third-order valence-corrected chi connectivity index (χ3v) is 5.10. The second-order valence-corrected chi connectivity index (χ2v) is 7.35. The summed E-state index contributed by atoms with van der Waals surface area (Å²) in [6, 6.07) is 14.1. The van der Waals surface area contributed by atoms with E-state index >= 15 is 0 Å². The van der Waals surface area contributed by atoms with Gasteiger partial charge in [-0.15, -0.1) is 0 Å². The third kappa shape index (κ3) is 5.26. The van der Waals surface area contributed by atoms with E-state index in [0.717, 1.165) is 6.42 Å². The molecule has 2 atom stereocenters. The Morgan fingerprint density at radius 2 is 1.77 bits per heavy atom. The number of esters is 1. The first-order valence-corrected chi connectivity index (χ1v) is 9.97. The molecule has 0 fully saturated rings. The van der Waals surface area contributed by atoms with E-state index in [2.05, 4.69) is 19.2 Å². The zero-order valence-electron chi connectivity index (χ0n) is 15.2. The van der Waals surface area contributed by atoms with Crippen molar-refractivity contribution >= 4 is 28.4 Å². The Balaban J connectivity index is 1.93. The molecular formula is C20H23NO4S. The molecule has 1 N–H and O–H groups in total. The summed E-state index contributed by atoms with van der Waals surface area (Å²) < 4.78 is 16.7. The fourth-order valence-electron chi connectivity index (χ4n) is 2.42. The molecule has 2 rings (SSSR count). The standard InChI is InChI=1S/C20H23NO4S/c1-4-14(2)15-9-11-16(12-10-15)21-19(22)13-25-20(23)17-7-5-6-8-18(17)26(3)24/h5-12,14H,4,13H2,1-3H3,(H,21,22)/t14-,26+/m1/s1. The number of carbonyl (C=O) groups is 2. The number of anilines is 1. The Labute approximate surface area is 156 Å². The van der Waals surface area contributed by atoms with Crippen LogP contribution in [-0.4, -0.2) is 28.9 Å². The molecule has 5 nitrogen and oxygen atoms in total. The molecule has 0 aliphatic rings. The fourth-order valence-corrected chi connectivity index (χ4v) is 3.15. The Kier molecular flexibility index (Phi) is 7.09. The van der Waals surface area contributed by atoms with Crippen molar-refractivity contribution in [3.8, 4) is 0 Å². The van der Waals surface area contributed by atoms with Crippen LogP contribution in [0.4, 0.5) is 5.69 Å². The molecule has 0 radical (unpaired) electrons. The molecule has 2 aromatic rings. The predicted octanol–water partition coefficient (Wildman–Crippen LogP) is 3.73. The molecule has 0 spiro atoms. The number of amides is 1. The lowest BCUT2D eigenvalue weighted by Crippen LogP contribution is -2.21. The number of hydrogen-bond donors (Lipinski definition) is 1. The quantitative estimate of drug-likeness (QED) is 0.751. The minimum Gasteiger partial charge on any atom is -0.452 e. The number of benzene rings is 2. The van der Waals surface area contributed by atoms with Gasteiger partial charge in [0.25, 0.3) is 5.91 Å². The second-order valence-electron chi connectivity index (χ2n) is 6.01. The molecule has 0 saturated carbocycles. The Hall–Kier alpha value is -2.47. The van der Waals surface area contributed by atoms with E-state index in [4.69, 9.17) is 4.74 Å². The van der Waals surface area contributed by atoms with Crippen molar-refractivity contribution in [2.24, 2.45) is 0 Å². The van der Waals surface area contributed by atoms with Gasteiger partial charge in [0.05, 0.1) is 21.3 Å². The summed E-state index contributed by atoms with van der Waals surface area (Å²) in [5.41, 5.74) is 2.06. The lowest BCUT2D eigenvalue weighted by molar-refractivity contribution is -0.119. The zero-order chi connectivity index (χ0) is 19.1. The molecule has 1 amide bonds. The van der Waals surface area contributed by atoms with Gasteiger partial charge in [0, 0.05) is 11.9 Å². The normalized spacial score (nSPS) is 12.9. The minimum atomic E-state index is -1.32. The number of rotatable bonds is 7. The molecule has 0 aliphatic carbocycles. The van der Waals surface area contributed by atoms with Gasteiger partial charge >= 0.3 is 5.97 Å². The number of carbonyl (C=O) groups excluding carboxylic acids is 2. The first-order valence-electron chi connectivity index (χ1n) is 8.41. The van der Waals surface area contributed by atoms with E-state index in [-0.39, 0.29) is 5.56 Å². The monoisotopic (exact) mass is 373 g/mol. The molecule has 0 aromatic heterocycles. The van der Waals surface area contributed by atoms with E-state index in [1.165, 1.54) is 17.9 Å². The van der Waals surface area contributed by atoms with Gasteiger partial charge in [0.2, 0.25) is 0 Å². The maximum absolute atomic E-state index is 12.1. The number of hydrogen-bond acceptors (Lipinski definition) is 4. The van der Waals surface area contributed by atoms with Crippen molar-refractivity contribution in [1.29, 1.82) is 0 Å². The smallest absolute Gasteiger partial charge is 0.339 e. The van der Waals surface area contributed by atoms with Gasteiger partial charge in [0.15, 0.2) is 6.61 Å². The highest BCUT2D eigenvalue weighted by molar-refractivity contribution is 7.84. The van der Waals surface area contributed by atoms with Crippen molar-refractivity contribution < 1.29 is 18.5 Å². The zero-order valence-corrected chi connectivity index (χ0v) is 16.0. The predicted molar refractivity (Wildman–Crippen MR) is 103 cm³/mol. The maximum atomic E-state index is 12.1. The average Bonchev–Trinajstić information content (AvgIpc) is 2.66. The van der Waals surface area contributed by atoms with Crippen LogP contribution < -0.4 is 5.32 Å². The first kappa shape index (κ1) is 19.8. The summed E-state index contributed by atoms with van der Waals surface area (Å²) in [5.74, 6) is -0.632. The van der Waals surface area contributed by atoms with Crippen LogP contribution in [0.2, 0.25) is 0 Å². The number of ether oxygens (including phenoxy) is 1. The van der Waals surface area contributed by atoms with Crippen LogP contribution in [0.15, 0.2) is 53.4 Å². The average molecular weight is 373 g/mol. The largest absolute Gasteiger partial charge is 0.452 e. The lowest BCUT2D eigenvalue weighted by atomic mass is 9.99. The molecule has 0 aliphatic heterocycles. The van der Waals surface area contributed by atoms with Gasteiger partial charge in [-0.05, 0) is 42.2 Å². The van der Waals surface area contributed by atoms with E-state index in [9.17, 15) is 13.8 Å². The van der Waals surface area contributed by atoms with Crippen molar-refractivity contribution in [2.45, 2.75) is 31.1 Å². The van der Waals surface area contributed by atoms with Gasteiger partial charge in [-0.2, -0.15) is 0 Å². The highest BCUT2D eigenvalue weighted by Gasteiger charge is 2.16. The van der Waals surface area contributed by atoms with E-state index < -0.39 is 29.3 Å². The summed E-state index contributed by atoms with van der Waals surface area (Å²) in [4.78, 5) is 24.5.